The Labute approximate surface area is 77.1 Å². The molecule has 0 fully saturated rings. The van der Waals surface area contributed by atoms with Crippen molar-refractivity contribution in [2.24, 2.45) is 0 Å². The maximum atomic E-state index is 5.85. The summed E-state index contributed by atoms with van der Waals surface area (Å²) in [5.74, 6) is 1.42. The molecule has 0 heterocycles. The van der Waals surface area contributed by atoms with Crippen LogP contribution in [0.1, 0.15) is 6.92 Å². The van der Waals surface area contributed by atoms with E-state index in [0.29, 0.717) is 17.4 Å². The maximum absolute atomic E-state index is 5.85. The molecule has 0 unspecified atom stereocenters. The number of rotatable bonds is 3. The Morgan fingerprint density at radius 2 is 2.17 bits per heavy atom. The lowest BCUT2D eigenvalue weighted by Gasteiger charge is -2.06. The third-order valence-corrected chi connectivity index (χ3v) is 1.75. The fourth-order valence-electron chi connectivity index (χ4n) is 0.877. The topological polar surface area (TPSA) is 18.5 Å². The molecule has 0 spiro atoms. The Balaban J connectivity index is 2.91. The molecule has 1 aromatic rings. The van der Waals surface area contributed by atoms with Crippen molar-refractivity contribution >= 4 is 11.6 Å². The minimum absolute atomic E-state index is 0.604. The Kier molecular flexibility index (Phi) is 3.23. The van der Waals surface area contributed by atoms with E-state index < -0.39 is 0 Å². The van der Waals surface area contributed by atoms with E-state index >= 15 is 0 Å². The van der Waals surface area contributed by atoms with Gasteiger partial charge in [-0.2, -0.15) is 0 Å². The molecule has 12 heavy (non-hydrogen) atoms. The number of ether oxygens (including phenoxy) is 2. The molecule has 0 saturated heterocycles. The summed E-state index contributed by atoms with van der Waals surface area (Å²) in [6.07, 6.45) is 0. The van der Waals surface area contributed by atoms with Gasteiger partial charge in [0.2, 0.25) is 0 Å². The molecular weight excluding hydrogens is 176 g/mol. The quantitative estimate of drug-likeness (QED) is 0.723. The first-order valence-electron chi connectivity index (χ1n) is 3.74. The SMILES string of the molecule is CCOc1cc(OC)ccc1Cl. The van der Waals surface area contributed by atoms with Crippen molar-refractivity contribution in [3.8, 4) is 11.5 Å². The van der Waals surface area contributed by atoms with E-state index in [-0.39, 0.29) is 0 Å². The number of hydrogen-bond donors (Lipinski definition) is 0. The van der Waals surface area contributed by atoms with Crippen LogP contribution in [0.25, 0.3) is 0 Å². The van der Waals surface area contributed by atoms with E-state index in [0.717, 1.165) is 5.75 Å². The zero-order chi connectivity index (χ0) is 8.97. The van der Waals surface area contributed by atoms with Crippen molar-refractivity contribution in [3.63, 3.8) is 0 Å². The van der Waals surface area contributed by atoms with Crippen LogP contribution >= 0.6 is 11.6 Å². The second-order valence-electron chi connectivity index (χ2n) is 2.23. The minimum atomic E-state index is 0.604. The molecule has 0 saturated carbocycles. The van der Waals surface area contributed by atoms with E-state index in [1.54, 1.807) is 25.3 Å². The van der Waals surface area contributed by atoms with Gasteiger partial charge in [-0.25, -0.2) is 0 Å². The van der Waals surface area contributed by atoms with E-state index in [1.165, 1.54) is 0 Å². The molecule has 1 aromatic carbocycles. The zero-order valence-corrected chi connectivity index (χ0v) is 7.89. The van der Waals surface area contributed by atoms with Crippen LogP contribution in [0.2, 0.25) is 5.02 Å². The van der Waals surface area contributed by atoms with E-state index in [1.807, 2.05) is 6.92 Å². The summed E-state index contributed by atoms with van der Waals surface area (Å²) in [7, 11) is 1.61. The molecule has 0 aliphatic rings. The first-order valence-corrected chi connectivity index (χ1v) is 4.12. The van der Waals surface area contributed by atoms with Gasteiger partial charge in [-0.3, -0.25) is 0 Å². The van der Waals surface area contributed by atoms with E-state index in [9.17, 15) is 0 Å². The Bertz CT molecular complexity index is 261. The summed E-state index contributed by atoms with van der Waals surface area (Å²) in [5.41, 5.74) is 0. The van der Waals surface area contributed by atoms with E-state index in [2.05, 4.69) is 0 Å². The van der Waals surface area contributed by atoms with Crippen molar-refractivity contribution in [2.75, 3.05) is 13.7 Å². The van der Waals surface area contributed by atoms with Crippen molar-refractivity contribution < 1.29 is 9.47 Å². The monoisotopic (exact) mass is 186 g/mol. The van der Waals surface area contributed by atoms with Crippen LogP contribution in [0.5, 0.6) is 11.5 Å². The van der Waals surface area contributed by atoms with Crippen LogP contribution < -0.4 is 9.47 Å². The minimum Gasteiger partial charge on any atom is -0.497 e. The molecule has 2 nitrogen and oxygen atoms in total. The third kappa shape index (κ3) is 2.05. The number of halogens is 1. The average Bonchev–Trinajstić information content (AvgIpc) is 2.09. The number of methoxy groups -OCH3 is 1. The molecule has 0 bridgehead atoms. The van der Waals surface area contributed by atoms with Gasteiger partial charge in [0, 0.05) is 6.07 Å². The molecular formula is C9H11ClO2. The highest BCUT2D eigenvalue weighted by atomic mass is 35.5. The first kappa shape index (κ1) is 9.20. The summed E-state index contributed by atoms with van der Waals surface area (Å²) in [4.78, 5) is 0. The summed E-state index contributed by atoms with van der Waals surface area (Å²) in [5, 5.41) is 0.609. The van der Waals surface area contributed by atoms with Gasteiger partial charge in [0.15, 0.2) is 0 Å². The van der Waals surface area contributed by atoms with Crippen LogP contribution in [0.4, 0.5) is 0 Å². The van der Waals surface area contributed by atoms with Gasteiger partial charge in [0.05, 0.1) is 18.7 Å². The fourth-order valence-corrected chi connectivity index (χ4v) is 1.05. The standard InChI is InChI=1S/C9H11ClO2/c1-3-12-9-6-7(11-2)4-5-8(9)10/h4-6H,3H2,1-2H3. The number of benzene rings is 1. The largest absolute Gasteiger partial charge is 0.497 e. The molecule has 0 aliphatic carbocycles. The highest BCUT2D eigenvalue weighted by molar-refractivity contribution is 6.32. The molecule has 0 aromatic heterocycles. The molecule has 66 valence electrons. The Morgan fingerprint density at radius 3 is 2.75 bits per heavy atom. The lowest BCUT2D eigenvalue weighted by atomic mass is 10.3. The fraction of sp³-hybridized carbons (Fsp3) is 0.333. The molecule has 0 amide bonds. The van der Waals surface area contributed by atoms with Crippen molar-refractivity contribution in [1.29, 1.82) is 0 Å². The average molecular weight is 187 g/mol. The number of hydrogen-bond acceptors (Lipinski definition) is 2. The molecule has 0 N–H and O–H groups in total. The summed E-state index contributed by atoms with van der Waals surface area (Å²) in [6, 6.07) is 5.32. The van der Waals surface area contributed by atoms with Crippen LogP contribution in [-0.4, -0.2) is 13.7 Å². The van der Waals surface area contributed by atoms with Gasteiger partial charge >= 0.3 is 0 Å². The second-order valence-corrected chi connectivity index (χ2v) is 2.64. The normalized spacial score (nSPS) is 9.58. The van der Waals surface area contributed by atoms with Gasteiger partial charge in [0.25, 0.3) is 0 Å². The molecule has 0 radical (unpaired) electrons. The Hall–Kier alpha value is -0.890. The molecule has 0 atom stereocenters. The van der Waals surface area contributed by atoms with Crippen molar-refractivity contribution in [2.45, 2.75) is 6.92 Å². The maximum Gasteiger partial charge on any atom is 0.141 e. The highest BCUT2D eigenvalue weighted by Gasteiger charge is 2.01. The zero-order valence-electron chi connectivity index (χ0n) is 7.13. The predicted molar refractivity (Wildman–Crippen MR) is 49.2 cm³/mol. The van der Waals surface area contributed by atoms with E-state index in [4.69, 9.17) is 21.1 Å². The van der Waals surface area contributed by atoms with Crippen LogP contribution in [0.15, 0.2) is 18.2 Å². The lowest BCUT2D eigenvalue weighted by molar-refractivity contribution is 0.336. The highest BCUT2D eigenvalue weighted by Crippen LogP contribution is 2.28. The van der Waals surface area contributed by atoms with Crippen molar-refractivity contribution in [1.82, 2.24) is 0 Å². The van der Waals surface area contributed by atoms with Crippen LogP contribution in [0.3, 0.4) is 0 Å². The second kappa shape index (κ2) is 4.21. The van der Waals surface area contributed by atoms with Crippen molar-refractivity contribution in [3.05, 3.63) is 23.2 Å². The van der Waals surface area contributed by atoms with Crippen LogP contribution in [-0.2, 0) is 0 Å². The van der Waals surface area contributed by atoms with Gasteiger partial charge < -0.3 is 9.47 Å². The third-order valence-electron chi connectivity index (χ3n) is 1.44. The summed E-state index contributed by atoms with van der Waals surface area (Å²) in [6.45, 7) is 2.52. The lowest BCUT2D eigenvalue weighted by Crippen LogP contribution is -1.92. The van der Waals surface area contributed by atoms with Gasteiger partial charge in [-0.05, 0) is 19.1 Å². The van der Waals surface area contributed by atoms with Crippen LogP contribution in [0, 0.1) is 0 Å². The first-order chi connectivity index (χ1) is 5.77. The van der Waals surface area contributed by atoms with Gasteiger partial charge in [0.1, 0.15) is 11.5 Å². The Morgan fingerprint density at radius 1 is 1.42 bits per heavy atom. The van der Waals surface area contributed by atoms with Gasteiger partial charge in [-0.1, -0.05) is 11.6 Å². The predicted octanol–water partition coefficient (Wildman–Crippen LogP) is 2.75. The van der Waals surface area contributed by atoms with Gasteiger partial charge in [-0.15, -0.1) is 0 Å². The summed E-state index contributed by atoms with van der Waals surface area (Å²) >= 11 is 5.85. The summed E-state index contributed by atoms with van der Waals surface area (Å²) < 4.78 is 10.3. The molecule has 1 rings (SSSR count). The molecule has 0 aliphatic heterocycles. The smallest absolute Gasteiger partial charge is 0.141 e. The molecule has 3 heteroatoms.